The maximum Gasteiger partial charge on any atom is 0.153 e. The van der Waals surface area contributed by atoms with E-state index in [2.05, 4.69) is 31.0 Å². The highest BCUT2D eigenvalue weighted by Crippen LogP contribution is 2.38. The zero-order valence-electron chi connectivity index (χ0n) is 13.6. The number of para-hydroxylation sites is 1. The van der Waals surface area contributed by atoms with E-state index < -0.39 is 0 Å². The van der Waals surface area contributed by atoms with Crippen molar-refractivity contribution in [1.82, 2.24) is 4.98 Å². The van der Waals surface area contributed by atoms with Crippen LogP contribution in [0.25, 0.3) is 33.2 Å². The Kier molecular flexibility index (Phi) is 3.32. The summed E-state index contributed by atoms with van der Waals surface area (Å²) < 4.78 is 6.19. The second-order valence-corrected chi connectivity index (χ2v) is 6.17. The Labute approximate surface area is 140 Å². The molecule has 0 spiro atoms. The van der Waals surface area contributed by atoms with Crippen LogP contribution in [0.1, 0.15) is 30.9 Å². The first-order valence-corrected chi connectivity index (χ1v) is 8.00. The summed E-state index contributed by atoms with van der Waals surface area (Å²) in [7, 11) is 0. The Morgan fingerprint density at radius 3 is 2.50 bits per heavy atom. The topological polar surface area (TPSA) is 49.8 Å². The van der Waals surface area contributed by atoms with Crippen LogP contribution in [0.15, 0.2) is 59.1 Å². The van der Waals surface area contributed by atoms with E-state index in [0.29, 0.717) is 11.1 Å². The molecule has 0 saturated carbocycles. The maximum absolute atomic E-state index is 9.65. The van der Waals surface area contributed by atoms with Gasteiger partial charge in [0.2, 0.25) is 0 Å². The maximum atomic E-state index is 9.65. The highest BCUT2D eigenvalue weighted by molar-refractivity contribution is 6.10. The lowest BCUT2D eigenvalue weighted by Crippen LogP contribution is -1.92. The van der Waals surface area contributed by atoms with E-state index >= 15 is 0 Å². The summed E-state index contributed by atoms with van der Waals surface area (Å²) in [5.74, 6) is 0.271. The van der Waals surface area contributed by atoms with E-state index in [-0.39, 0.29) is 5.92 Å². The minimum atomic E-state index is 0.271. The molecule has 3 nitrogen and oxygen atoms in total. The predicted molar refractivity (Wildman–Crippen MR) is 95.8 cm³/mol. The average Bonchev–Trinajstić information content (AvgIpc) is 3.00. The van der Waals surface area contributed by atoms with Gasteiger partial charge in [-0.05, 0) is 29.7 Å². The van der Waals surface area contributed by atoms with Crippen LogP contribution in [0.2, 0.25) is 0 Å². The van der Waals surface area contributed by atoms with Gasteiger partial charge >= 0.3 is 0 Å². The van der Waals surface area contributed by atoms with Crippen molar-refractivity contribution in [3.63, 3.8) is 0 Å². The molecule has 0 aliphatic heterocycles. The van der Waals surface area contributed by atoms with E-state index in [1.165, 1.54) is 0 Å². The van der Waals surface area contributed by atoms with Crippen molar-refractivity contribution in [2.24, 2.45) is 0 Å². The molecule has 2 heterocycles. The zero-order chi connectivity index (χ0) is 16.7. The van der Waals surface area contributed by atoms with E-state index in [1.807, 2.05) is 42.5 Å². The molecule has 24 heavy (non-hydrogen) atoms. The van der Waals surface area contributed by atoms with Gasteiger partial charge in [-0.1, -0.05) is 44.2 Å². The molecule has 3 heteroatoms. The number of hydrogen-bond acceptors (Lipinski definition) is 3. The summed E-state index contributed by atoms with van der Waals surface area (Å²) in [6, 6.07) is 18.3. The summed E-state index contributed by atoms with van der Waals surface area (Å²) in [4.78, 5) is 4.43. The molecule has 116 valence electrons. The molecular formula is C21H16N2O. The Hall–Kier alpha value is -3.12. The van der Waals surface area contributed by atoms with Crippen molar-refractivity contribution in [3.05, 3.63) is 65.9 Å². The van der Waals surface area contributed by atoms with Crippen molar-refractivity contribution >= 4 is 21.9 Å². The van der Waals surface area contributed by atoms with Gasteiger partial charge in [0, 0.05) is 22.5 Å². The number of fused-ring (bicyclic) bond motifs is 3. The third-order valence-corrected chi connectivity index (χ3v) is 4.37. The van der Waals surface area contributed by atoms with Gasteiger partial charge in [0.1, 0.15) is 11.7 Å². The smallest absolute Gasteiger partial charge is 0.153 e. The number of pyridine rings is 1. The molecular weight excluding hydrogens is 296 g/mol. The minimum absolute atomic E-state index is 0.271. The van der Waals surface area contributed by atoms with Crippen molar-refractivity contribution in [2.75, 3.05) is 0 Å². The summed E-state index contributed by atoms with van der Waals surface area (Å²) >= 11 is 0. The van der Waals surface area contributed by atoms with Gasteiger partial charge in [-0.25, -0.2) is 0 Å². The SMILES string of the molecule is CC(C)c1ccc2c(oc3c(-c4ccccn4)cccc32)c1C#N. The molecule has 0 N–H and O–H groups in total. The number of nitriles is 1. The van der Waals surface area contributed by atoms with E-state index in [0.717, 1.165) is 33.2 Å². The summed E-state index contributed by atoms with van der Waals surface area (Å²) in [5, 5.41) is 11.6. The Morgan fingerprint density at radius 1 is 0.958 bits per heavy atom. The Balaban J connectivity index is 2.11. The van der Waals surface area contributed by atoms with Gasteiger partial charge in [-0.2, -0.15) is 5.26 Å². The highest BCUT2D eigenvalue weighted by atomic mass is 16.3. The molecule has 0 amide bonds. The van der Waals surface area contributed by atoms with Gasteiger partial charge in [0.15, 0.2) is 5.58 Å². The number of benzene rings is 2. The molecule has 4 aromatic rings. The van der Waals surface area contributed by atoms with E-state index in [4.69, 9.17) is 4.42 Å². The predicted octanol–water partition coefficient (Wildman–Crippen LogP) is 5.64. The van der Waals surface area contributed by atoms with Crippen molar-refractivity contribution < 1.29 is 4.42 Å². The number of hydrogen-bond donors (Lipinski definition) is 0. The lowest BCUT2D eigenvalue weighted by atomic mass is 9.95. The van der Waals surface area contributed by atoms with E-state index in [1.54, 1.807) is 6.20 Å². The van der Waals surface area contributed by atoms with E-state index in [9.17, 15) is 5.26 Å². The van der Waals surface area contributed by atoms with Gasteiger partial charge < -0.3 is 4.42 Å². The molecule has 0 aliphatic rings. The van der Waals surface area contributed by atoms with Gasteiger partial charge in [0.05, 0.1) is 11.3 Å². The average molecular weight is 312 g/mol. The summed E-state index contributed by atoms with van der Waals surface area (Å²) in [6.45, 7) is 4.17. The Morgan fingerprint density at radius 2 is 1.79 bits per heavy atom. The van der Waals surface area contributed by atoms with Crippen molar-refractivity contribution in [2.45, 2.75) is 19.8 Å². The molecule has 0 bridgehead atoms. The highest BCUT2D eigenvalue weighted by Gasteiger charge is 2.18. The quantitative estimate of drug-likeness (QED) is 0.481. The zero-order valence-corrected chi connectivity index (χ0v) is 13.6. The molecule has 0 unspecified atom stereocenters. The van der Waals surface area contributed by atoms with Crippen LogP contribution in [-0.2, 0) is 0 Å². The monoisotopic (exact) mass is 312 g/mol. The molecule has 0 atom stereocenters. The van der Waals surface area contributed by atoms with Crippen molar-refractivity contribution in [3.8, 4) is 17.3 Å². The number of aromatic nitrogens is 1. The second kappa shape index (κ2) is 5.50. The number of nitrogens with zero attached hydrogens (tertiary/aromatic N) is 2. The standard InChI is InChI=1S/C21H16N2O/c1-13(2)14-9-10-16-15-6-5-7-17(19-8-3-4-11-23-19)20(15)24-21(16)18(14)12-22/h3-11,13H,1-2H3. The fraction of sp³-hybridized carbons (Fsp3) is 0.143. The lowest BCUT2D eigenvalue weighted by molar-refractivity contribution is 0.666. The lowest BCUT2D eigenvalue weighted by Gasteiger charge is -2.07. The summed E-state index contributed by atoms with van der Waals surface area (Å²) in [5.41, 5.74) is 4.91. The Bertz CT molecular complexity index is 1090. The second-order valence-electron chi connectivity index (χ2n) is 6.17. The molecule has 4 rings (SSSR count). The van der Waals surface area contributed by atoms with Crippen LogP contribution in [0.4, 0.5) is 0 Å². The first kappa shape index (κ1) is 14.5. The summed E-state index contributed by atoms with van der Waals surface area (Å²) in [6.07, 6.45) is 1.77. The first-order valence-electron chi connectivity index (χ1n) is 8.00. The molecule has 2 aromatic heterocycles. The molecule has 0 aliphatic carbocycles. The van der Waals surface area contributed by atoms with Gasteiger partial charge in [0.25, 0.3) is 0 Å². The van der Waals surface area contributed by atoms with Crippen LogP contribution >= 0.6 is 0 Å². The van der Waals surface area contributed by atoms with Gasteiger partial charge in [-0.3, -0.25) is 4.98 Å². The first-order chi connectivity index (χ1) is 11.7. The molecule has 0 saturated heterocycles. The fourth-order valence-corrected chi connectivity index (χ4v) is 3.20. The molecule has 0 radical (unpaired) electrons. The van der Waals surface area contributed by atoms with Crippen molar-refractivity contribution in [1.29, 1.82) is 5.26 Å². The van der Waals surface area contributed by atoms with Crippen LogP contribution in [0.3, 0.4) is 0 Å². The number of furan rings is 1. The van der Waals surface area contributed by atoms with Crippen LogP contribution in [0, 0.1) is 11.3 Å². The third-order valence-electron chi connectivity index (χ3n) is 4.37. The third kappa shape index (κ3) is 2.08. The van der Waals surface area contributed by atoms with Crippen LogP contribution < -0.4 is 0 Å². The van der Waals surface area contributed by atoms with Crippen LogP contribution in [0.5, 0.6) is 0 Å². The molecule has 0 fully saturated rings. The normalized spacial score (nSPS) is 11.2. The number of rotatable bonds is 2. The van der Waals surface area contributed by atoms with Crippen LogP contribution in [-0.4, -0.2) is 4.98 Å². The largest absolute Gasteiger partial charge is 0.454 e. The minimum Gasteiger partial charge on any atom is -0.454 e. The molecule has 2 aromatic carbocycles. The van der Waals surface area contributed by atoms with Gasteiger partial charge in [-0.15, -0.1) is 0 Å². The fourth-order valence-electron chi connectivity index (χ4n) is 3.20.